The van der Waals surface area contributed by atoms with E-state index in [1.54, 1.807) is 0 Å². The minimum absolute atomic E-state index is 0.0589. The molecule has 0 spiro atoms. The van der Waals surface area contributed by atoms with Crippen molar-refractivity contribution in [1.82, 2.24) is 9.97 Å². The van der Waals surface area contributed by atoms with Crippen LogP contribution in [0.4, 0.5) is 11.8 Å². The Balaban J connectivity index is 1.74. The third-order valence-corrected chi connectivity index (χ3v) is 3.71. The fourth-order valence-corrected chi connectivity index (χ4v) is 2.26. The number of hydrogen-bond donors (Lipinski definition) is 3. The molecule has 0 bridgehead atoms. The van der Waals surface area contributed by atoms with E-state index in [0.717, 1.165) is 18.1 Å². The van der Waals surface area contributed by atoms with E-state index in [9.17, 15) is 5.11 Å². The molecule has 3 rings (SSSR count). The van der Waals surface area contributed by atoms with Crippen LogP contribution in [-0.2, 0) is 6.54 Å². The Morgan fingerprint density at radius 1 is 1.23 bits per heavy atom. The molecule has 0 aliphatic heterocycles. The smallest absolute Gasteiger partial charge is 0.225 e. The first-order valence-electron chi connectivity index (χ1n) is 7.79. The first kappa shape index (κ1) is 14.8. The van der Waals surface area contributed by atoms with Gasteiger partial charge in [-0.05, 0) is 25.3 Å². The van der Waals surface area contributed by atoms with Crippen molar-refractivity contribution in [2.45, 2.75) is 38.3 Å². The van der Waals surface area contributed by atoms with Gasteiger partial charge < -0.3 is 15.7 Å². The van der Waals surface area contributed by atoms with Crippen LogP contribution < -0.4 is 10.6 Å². The van der Waals surface area contributed by atoms with Gasteiger partial charge in [-0.3, -0.25) is 0 Å². The topological polar surface area (TPSA) is 70.1 Å². The molecule has 116 valence electrons. The Labute approximate surface area is 130 Å². The quantitative estimate of drug-likeness (QED) is 0.733. The van der Waals surface area contributed by atoms with Gasteiger partial charge in [-0.25, -0.2) is 4.98 Å². The Morgan fingerprint density at radius 2 is 2.00 bits per heavy atom. The molecule has 1 aliphatic carbocycles. The summed E-state index contributed by atoms with van der Waals surface area (Å²) >= 11 is 0. The lowest BCUT2D eigenvalue weighted by Gasteiger charge is -2.14. The molecule has 0 radical (unpaired) electrons. The van der Waals surface area contributed by atoms with Crippen LogP contribution in [0, 0.1) is 0 Å². The number of nitrogens with zero attached hydrogens (tertiary/aromatic N) is 2. The molecule has 3 N–H and O–H groups in total. The fraction of sp³-hybridized carbons (Fsp3) is 0.412. The summed E-state index contributed by atoms with van der Waals surface area (Å²) < 4.78 is 0. The SMILES string of the molecule is C[C@@H](CO)Nc1nc(NCc2ccccc2)cc(C2CC2)n1. The van der Waals surface area contributed by atoms with Gasteiger partial charge in [0.05, 0.1) is 12.3 Å². The Kier molecular flexibility index (Phi) is 4.53. The molecule has 2 aromatic rings. The van der Waals surface area contributed by atoms with E-state index in [2.05, 4.69) is 32.7 Å². The molecular weight excluding hydrogens is 276 g/mol. The van der Waals surface area contributed by atoms with Crippen LogP contribution in [0.25, 0.3) is 0 Å². The van der Waals surface area contributed by atoms with E-state index in [1.807, 2.05) is 31.2 Å². The zero-order chi connectivity index (χ0) is 15.4. The molecule has 1 heterocycles. The molecule has 0 unspecified atom stereocenters. The van der Waals surface area contributed by atoms with Crippen molar-refractivity contribution in [2.24, 2.45) is 0 Å². The van der Waals surface area contributed by atoms with Crippen LogP contribution in [0.5, 0.6) is 0 Å². The fourth-order valence-electron chi connectivity index (χ4n) is 2.26. The average Bonchev–Trinajstić information content (AvgIpc) is 3.38. The van der Waals surface area contributed by atoms with Crippen molar-refractivity contribution in [3.8, 4) is 0 Å². The molecule has 0 saturated heterocycles. The Hall–Kier alpha value is -2.14. The van der Waals surface area contributed by atoms with E-state index in [1.165, 1.54) is 18.4 Å². The predicted molar refractivity (Wildman–Crippen MR) is 87.9 cm³/mol. The van der Waals surface area contributed by atoms with Crippen molar-refractivity contribution in [2.75, 3.05) is 17.2 Å². The van der Waals surface area contributed by atoms with Crippen molar-refractivity contribution in [1.29, 1.82) is 0 Å². The predicted octanol–water partition coefficient (Wildman–Crippen LogP) is 2.76. The highest BCUT2D eigenvalue weighted by atomic mass is 16.3. The van der Waals surface area contributed by atoms with Gasteiger partial charge in [-0.2, -0.15) is 4.98 Å². The van der Waals surface area contributed by atoms with E-state index in [0.29, 0.717) is 11.9 Å². The zero-order valence-corrected chi connectivity index (χ0v) is 12.8. The van der Waals surface area contributed by atoms with Gasteiger partial charge in [0.25, 0.3) is 0 Å². The van der Waals surface area contributed by atoms with Gasteiger partial charge in [0, 0.05) is 24.6 Å². The lowest BCUT2D eigenvalue weighted by Crippen LogP contribution is -2.21. The van der Waals surface area contributed by atoms with Crippen molar-refractivity contribution in [3.63, 3.8) is 0 Å². The Bertz CT molecular complexity index is 613. The summed E-state index contributed by atoms with van der Waals surface area (Å²) in [5.74, 6) is 1.97. The van der Waals surface area contributed by atoms with E-state index < -0.39 is 0 Å². The van der Waals surface area contributed by atoms with Crippen LogP contribution in [0.1, 0.15) is 36.9 Å². The highest BCUT2D eigenvalue weighted by Gasteiger charge is 2.26. The van der Waals surface area contributed by atoms with Gasteiger partial charge in [-0.15, -0.1) is 0 Å². The number of aliphatic hydroxyl groups is 1. The molecular formula is C17H22N4O. The summed E-state index contributed by atoms with van der Waals surface area (Å²) in [6.45, 7) is 2.70. The maximum absolute atomic E-state index is 9.17. The van der Waals surface area contributed by atoms with Crippen molar-refractivity contribution >= 4 is 11.8 Å². The Morgan fingerprint density at radius 3 is 2.68 bits per heavy atom. The summed E-state index contributed by atoms with van der Waals surface area (Å²) in [6, 6.07) is 12.2. The summed E-state index contributed by atoms with van der Waals surface area (Å²) in [4.78, 5) is 9.07. The number of rotatable bonds is 7. The molecule has 1 saturated carbocycles. The maximum atomic E-state index is 9.17. The first-order chi connectivity index (χ1) is 10.7. The van der Waals surface area contributed by atoms with E-state index >= 15 is 0 Å². The van der Waals surface area contributed by atoms with Crippen LogP contribution in [0.3, 0.4) is 0 Å². The third kappa shape index (κ3) is 3.95. The second-order valence-corrected chi connectivity index (χ2v) is 5.84. The lowest BCUT2D eigenvalue weighted by atomic mass is 10.2. The summed E-state index contributed by atoms with van der Waals surface area (Å²) in [6.07, 6.45) is 2.40. The normalized spacial score (nSPS) is 15.4. The van der Waals surface area contributed by atoms with Crippen LogP contribution in [0.2, 0.25) is 0 Å². The van der Waals surface area contributed by atoms with Crippen molar-refractivity contribution in [3.05, 3.63) is 47.7 Å². The molecule has 1 fully saturated rings. The number of benzene rings is 1. The third-order valence-electron chi connectivity index (χ3n) is 3.71. The highest BCUT2D eigenvalue weighted by Crippen LogP contribution is 2.39. The summed E-state index contributed by atoms with van der Waals surface area (Å²) in [5, 5.41) is 15.7. The van der Waals surface area contributed by atoms with Gasteiger partial charge in [0.15, 0.2) is 0 Å². The van der Waals surface area contributed by atoms with Gasteiger partial charge in [0.2, 0.25) is 5.95 Å². The number of aliphatic hydroxyl groups excluding tert-OH is 1. The first-order valence-corrected chi connectivity index (χ1v) is 7.79. The zero-order valence-electron chi connectivity index (χ0n) is 12.8. The van der Waals surface area contributed by atoms with E-state index in [4.69, 9.17) is 0 Å². The van der Waals surface area contributed by atoms with Crippen LogP contribution in [0.15, 0.2) is 36.4 Å². The number of nitrogens with one attached hydrogen (secondary N) is 2. The number of aromatic nitrogens is 2. The van der Waals surface area contributed by atoms with Gasteiger partial charge in [-0.1, -0.05) is 30.3 Å². The largest absolute Gasteiger partial charge is 0.394 e. The monoisotopic (exact) mass is 298 g/mol. The van der Waals surface area contributed by atoms with Gasteiger partial charge >= 0.3 is 0 Å². The standard InChI is InChI=1S/C17H22N4O/c1-12(11-22)19-17-20-15(14-7-8-14)9-16(21-17)18-10-13-5-3-2-4-6-13/h2-6,9,12,14,22H,7-8,10-11H2,1H3,(H2,18,19,20,21)/t12-/m0/s1. The van der Waals surface area contributed by atoms with Gasteiger partial charge in [0.1, 0.15) is 5.82 Å². The molecule has 1 atom stereocenters. The molecule has 1 aromatic heterocycles. The van der Waals surface area contributed by atoms with E-state index in [-0.39, 0.29) is 12.6 Å². The van der Waals surface area contributed by atoms with Crippen LogP contribution in [-0.4, -0.2) is 27.7 Å². The minimum atomic E-state index is -0.0589. The summed E-state index contributed by atoms with van der Waals surface area (Å²) in [7, 11) is 0. The number of anilines is 2. The number of hydrogen-bond acceptors (Lipinski definition) is 5. The lowest BCUT2D eigenvalue weighted by molar-refractivity contribution is 0.281. The molecule has 0 amide bonds. The molecule has 1 aliphatic rings. The van der Waals surface area contributed by atoms with Crippen LogP contribution >= 0.6 is 0 Å². The highest BCUT2D eigenvalue weighted by molar-refractivity contribution is 5.44. The molecule has 1 aromatic carbocycles. The molecule has 5 heteroatoms. The average molecular weight is 298 g/mol. The second-order valence-electron chi connectivity index (χ2n) is 5.84. The summed E-state index contributed by atoms with van der Waals surface area (Å²) in [5.41, 5.74) is 2.30. The maximum Gasteiger partial charge on any atom is 0.225 e. The molecule has 5 nitrogen and oxygen atoms in total. The van der Waals surface area contributed by atoms with Crippen molar-refractivity contribution < 1.29 is 5.11 Å². The molecule has 22 heavy (non-hydrogen) atoms. The second kappa shape index (κ2) is 6.75. The minimum Gasteiger partial charge on any atom is -0.394 e.